The van der Waals surface area contributed by atoms with Gasteiger partial charge in [-0.15, -0.1) is 0 Å². The minimum atomic E-state index is -0.0938. The van der Waals surface area contributed by atoms with E-state index in [9.17, 15) is 0 Å². The molecule has 0 amide bonds. The number of hydrogen-bond acceptors (Lipinski definition) is 0. The van der Waals surface area contributed by atoms with Crippen molar-refractivity contribution in [3.05, 3.63) is 147 Å². The molecule has 2 heteroatoms. The maximum atomic E-state index is 6.27. The zero-order valence-electron chi connectivity index (χ0n) is 18.8. The van der Waals surface area contributed by atoms with Gasteiger partial charge >= 0.3 is 0 Å². The summed E-state index contributed by atoms with van der Waals surface area (Å²) < 4.78 is 0. The fraction of sp³-hybridized carbons (Fsp3) is 0.161. The Morgan fingerprint density at radius 1 is 0.636 bits per heavy atom. The Morgan fingerprint density at radius 3 is 1.73 bits per heavy atom. The first-order valence-electron chi connectivity index (χ1n) is 11.3. The Hall–Kier alpha value is -2.80. The highest BCUT2D eigenvalue weighted by atomic mass is 35.5. The van der Waals surface area contributed by atoms with E-state index in [1.54, 1.807) is 0 Å². The smallest absolute Gasteiger partial charge is 0.0406 e. The van der Waals surface area contributed by atoms with Gasteiger partial charge in [0.1, 0.15) is 0 Å². The normalized spacial score (nSPS) is 16.9. The lowest BCUT2D eigenvalue weighted by Gasteiger charge is -2.43. The van der Waals surface area contributed by atoms with E-state index >= 15 is 0 Å². The molecule has 1 aliphatic carbocycles. The van der Waals surface area contributed by atoms with Gasteiger partial charge in [0.05, 0.1) is 0 Å². The van der Waals surface area contributed by atoms with Gasteiger partial charge in [-0.2, -0.15) is 0 Å². The van der Waals surface area contributed by atoms with Crippen LogP contribution >= 0.6 is 23.2 Å². The van der Waals surface area contributed by atoms with Crippen molar-refractivity contribution < 1.29 is 0 Å². The van der Waals surface area contributed by atoms with Crippen LogP contribution in [-0.4, -0.2) is 0 Å². The largest absolute Gasteiger partial charge is 0.0843 e. The number of hydrogen-bond donors (Lipinski definition) is 0. The van der Waals surface area contributed by atoms with Gasteiger partial charge < -0.3 is 0 Å². The van der Waals surface area contributed by atoms with Crippen molar-refractivity contribution in [2.75, 3.05) is 0 Å². The summed E-state index contributed by atoms with van der Waals surface area (Å²) in [5.74, 6) is 0.396. The lowest BCUT2D eigenvalue weighted by Crippen LogP contribution is -2.31. The Morgan fingerprint density at radius 2 is 1.15 bits per heavy atom. The zero-order valence-corrected chi connectivity index (χ0v) is 20.3. The van der Waals surface area contributed by atoms with Gasteiger partial charge in [0, 0.05) is 21.9 Å². The summed E-state index contributed by atoms with van der Waals surface area (Å²) in [6, 6.07) is 36.2. The van der Waals surface area contributed by atoms with Crippen LogP contribution in [0.1, 0.15) is 53.5 Å². The van der Waals surface area contributed by atoms with Crippen molar-refractivity contribution >= 4 is 28.8 Å². The molecule has 0 fully saturated rings. The zero-order chi connectivity index (χ0) is 23.0. The maximum absolute atomic E-state index is 6.27. The lowest BCUT2D eigenvalue weighted by molar-refractivity contribution is 0.338. The molecule has 1 aliphatic rings. The lowest BCUT2D eigenvalue weighted by atomic mass is 9.60. The van der Waals surface area contributed by atoms with Crippen molar-refractivity contribution in [3.63, 3.8) is 0 Å². The Kier molecular flexibility index (Phi) is 5.91. The molecule has 4 aromatic rings. The molecule has 0 aliphatic heterocycles. The first-order valence-corrected chi connectivity index (χ1v) is 12.1. The van der Waals surface area contributed by atoms with Gasteiger partial charge in [-0.25, -0.2) is 0 Å². The summed E-state index contributed by atoms with van der Waals surface area (Å²) in [6.45, 7) is 4.71. The van der Waals surface area contributed by atoms with Gasteiger partial charge in [0.2, 0.25) is 0 Å². The van der Waals surface area contributed by atoms with Crippen molar-refractivity contribution in [2.24, 2.45) is 5.41 Å². The first-order chi connectivity index (χ1) is 15.9. The van der Waals surface area contributed by atoms with E-state index < -0.39 is 0 Å². The Balaban J connectivity index is 1.73. The van der Waals surface area contributed by atoms with Crippen molar-refractivity contribution in [1.82, 2.24) is 0 Å². The topological polar surface area (TPSA) is 0 Å². The second kappa shape index (κ2) is 8.86. The molecular formula is C31H26Cl2. The molecule has 0 heterocycles. The molecule has 0 bridgehead atoms. The highest BCUT2D eigenvalue weighted by Crippen LogP contribution is 2.55. The fourth-order valence-electron chi connectivity index (χ4n) is 5.34. The molecule has 0 nitrogen and oxygen atoms in total. The number of benzene rings is 4. The highest BCUT2D eigenvalue weighted by molar-refractivity contribution is 6.30. The maximum Gasteiger partial charge on any atom is 0.0406 e. The van der Waals surface area contributed by atoms with E-state index in [4.69, 9.17) is 23.2 Å². The van der Waals surface area contributed by atoms with Crippen LogP contribution in [0.15, 0.2) is 109 Å². The quantitative estimate of drug-likeness (QED) is 0.279. The van der Waals surface area contributed by atoms with Crippen molar-refractivity contribution in [2.45, 2.75) is 25.7 Å². The van der Waals surface area contributed by atoms with E-state index in [0.717, 1.165) is 10.0 Å². The molecule has 0 N–H and O–H groups in total. The summed E-state index contributed by atoms with van der Waals surface area (Å²) in [6.07, 6.45) is 2.47. The monoisotopic (exact) mass is 468 g/mol. The van der Waals surface area contributed by atoms with Gasteiger partial charge in [0.15, 0.2) is 0 Å². The number of fused-ring (bicyclic) bond motifs is 1. The van der Waals surface area contributed by atoms with Crippen LogP contribution < -0.4 is 0 Å². The number of rotatable bonds is 4. The van der Waals surface area contributed by atoms with E-state index in [1.165, 1.54) is 33.4 Å². The average molecular weight is 469 g/mol. The number of halogens is 2. The van der Waals surface area contributed by atoms with Crippen LogP contribution in [0.4, 0.5) is 0 Å². The van der Waals surface area contributed by atoms with Crippen LogP contribution in [-0.2, 0) is 0 Å². The van der Waals surface area contributed by atoms with Crippen LogP contribution in [0.2, 0.25) is 10.0 Å². The summed E-state index contributed by atoms with van der Waals surface area (Å²) in [5.41, 5.74) is 7.66. The minimum absolute atomic E-state index is 0.0938. The van der Waals surface area contributed by atoms with Crippen LogP contribution in [0, 0.1) is 5.41 Å². The van der Waals surface area contributed by atoms with Gasteiger partial charge in [-0.05, 0) is 63.1 Å². The summed E-state index contributed by atoms with van der Waals surface area (Å²) >= 11 is 12.5. The number of allylic oxidation sites excluding steroid dienone is 1. The molecule has 1 unspecified atom stereocenters. The fourth-order valence-corrected chi connectivity index (χ4v) is 5.59. The van der Waals surface area contributed by atoms with E-state index in [-0.39, 0.29) is 17.3 Å². The van der Waals surface area contributed by atoms with E-state index in [1.807, 2.05) is 24.3 Å². The SMILES string of the molecule is CC1(C)C=C(c2ccccc2)c2ccccc2C1C(c1ccc(Cl)cc1)c1ccc(Cl)cc1. The molecule has 33 heavy (non-hydrogen) atoms. The predicted octanol–water partition coefficient (Wildman–Crippen LogP) is 9.38. The van der Waals surface area contributed by atoms with Gasteiger partial charge in [-0.3, -0.25) is 0 Å². The third kappa shape index (κ3) is 4.26. The Bertz CT molecular complexity index is 1240. The van der Waals surface area contributed by atoms with Gasteiger partial charge in [0.25, 0.3) is 0 Å². The standard InChI is InChI=1S/C31H26Cl2/c1-31(2)20-28(21-8-4-3-5-9-21)26-10-6-7-11-27(26)30(31)29(22-12-16-24(32)17-13-22)23-14-18-25(33)19-15-23/h3-20,29-30H,1-2H3. The second-order valence-electron chi connectivity index (χ2n) is 9.39. The molecule has 164 valence electrons. The minimum Gasteiger partial charge on any atom is -0.0843 e. The van der Waals surface area contributed by atoms with Crippen molar-refractivity contribution in [3.8, 4) is 0 Å². The van der Waals surface area contributed by atoms with Crippen LogP contribution in [0.3, 0.4) is 0 Å². The predicted molar refractivity (Wildman–Crippen MR) is 141 cm³/mol. The average Bonchev–Trinajstić information content (AvgIpc) is 2.83. The summed E-state index contributed by atoms with van der Waals surface area (Å²) in [7, 11) is 0. The van der Waals surface area contributed by atoms with Gasteiger partial charge in [-0.1, -0.05) is 122 Å². The summed E-state index contributed by atoms with van der Waals surface area (Å²) in [5, 5.41) is 1.51. The molecule has 0 radical (unpaired) electrons. The molecule has 0 saturated heterocycles. The molecule has 1 atom stereocenters. The third-order valence-corrected chi connectivity index (χ3v) is 7.28. The van der Waals surface area contributed by atoms with Crippen LogP contribution in [0.25, 0.3) is 5.57 Å². The summed E-state index contributed by atoms with van der Waals surface area (Å²) in [4.78, 5) is 0. The van der Waals surface area contributed by atoms with Crippen LogP contribution in [0.5, 0.6) is 0 Å². The molecule has 0 saturated carbocycles. The molecule has 4 aromatic carbocycles. The third-order valence-electron chi connectivity index (χ3n) is 6.78. The molecular weight excluding hydrogens is 443 g/mol. The Labute approximate surface area is 206 Å². The van der Waals surface area contributed by atoms with E-state index in [0.29, 0.717) is 0 Å². The second-order valence-corrected chi connectivity index (χ2v) is 10.3. The highest BCUT2D eigenvalue weighted by Gasteiger charge is 2.41. The van der Waals surface area contributed by atoms with Crippen molar-refractivity contribution in [1.29, 1.82) is 0 Å². The van der Waals surface area contributed by atoms with E-state index in [2.05, 4.69) is 98.8 Å². The first kappa shape index (κ1) is 22.0. The molecule has 0 aromatic heterocycles. The molecule has 5 rings (SSSR count). The molecule has 0 spiro atoms.